The number of nitrogens with zero attached hydrogens (tertiary/aromatic N) is 1. The number of aryl methyl sites for hydroxylation is 2. The Morgan fingerprint density at radius 1 is 0.913 bits per heavy atom. The number of aromatic amines is 1. The molecule has 0 fully saturated rings. The van der Waals surface area contributed by atoms with Gasteiger partial charge in [0.1, 0.15) is 5.82 Å². The van der Waals surface area contributed by atoms with E-state index in [1.165, 1.54) is 11.1 Å². The third-order valence-electron chi connectivity index (χ3n) is 3.91. The highest BCUT2D eigenvalue weighted by Gasteiger charge is 2.11. The molecule has 0 saturated heterocycles. The summed E-state index contributed by atoms with van der Waals surface area (Å²) in [7, 11) is 0. The van der Waals surface area contributed by atoms with Gasteiger partial charge in [0.15, 0.2) is 11.5 Å². The molecule has 0 spiro atoms. The van der Waals surface area contributed by atoms with Gasteiger partial charge in [-0.2, -0.15) is 0 Å². The SMILES string of the molecule is CCOc1ccc(-c2nc3cc(C)c(C)cc3[nH]2)cc1OCC. The van der Waals surface area contributed by atoms with Crippen LogP contribution >= 0.6 is 0 Å². The van der Waals surface area contributed by atoms with Crippen LogP contribution in [-0.2, 0) is 0 Å². The normalized spacial score (nSPS) is 11.0. The Morgan fingerprint density at radius 3 is 2.35 bits per heavy atom. The highest BCUT2D eigenvalue weighted by molar-refractivity contribution is 5.81. The summed E-state index contributed by atoms with van der Waals surface area (Å²) >= 11 is 0. The van der Waals surface area contributed by atoms with Crippen LogP contribution in [0.15, 0.2) is 30.3 Å². The van der Waals surface area contributed by atoms with Gasteiger partial charge in [0.2, 0.25) is 0 Å². The number of fused-ring (bicyclic) bond motifs is 1. The molecular formula is C19H22N2O2. The van der Waals surface area contributed by atoms with Crippen molar-refractivity contribution in [2.75, 3.05) is 13.2 Å². The lowest BCUT2D eigenvalue weighted by molar-refractivity contribution is 0.288. The molecule has 120 valence electrons. The third kappa shape index (κ3) is 3.02. The van der Waals surface area contributed by atoms with Crippen molar-refractivity contribution >= 4 is 11.0 Å². The highest BCUT2D eigenvalue weighted by Crippen LogP contribution is 2.32. The molecule has 1 N–H and O–H groups in total. The second-order valence-electron chi connectivity index (χ2n) is 5.57. The van der Waals surface area contributed by atoms with Crippen molar-refractivity contribution in [1.29, 1.82) is 0 Å². The Hall–Kier alpha value is -2.49. The molecular weight excluding hydrogens is 288 g/mol. The van der Waals surface area contributed by atoms with E-state index in [2.05, 4.69) is 31.0 Å². The molecule has 4 heteroatoms. The first-order valence-electron chi connectivity index (χ1n) is 7.99. The van der Waals surface area contributed by atoms with Gasteiger partial charge in [0, 0.05) is 5.56 Å². The fourth-order valence-corrected chi connectivity index (χ4v) is 2.60. The molecule has 4 nitrogen and oxygen atoms in total. The Morgan fingerprint density at radius 2 is 1.61 bits per heavy atom. The van der Waals surface area contributed by atoms with Crippen molar-refractivity contribution in [1.82, 2.24) is 9.97 Å². The van der Waals surface area contributed by atoms with Crippen LogP contribution < -0.4 is 9.47 Å². The molecule has 3 aromatic rings. The van der Waals surface area contributed by atoms with Crippen LogP contribution in [0, 0.1) is 13.8 Å². The maximum Gasteiger partial charge on any atom is 0.161 e. The monoisotopic (exact) mass is 310 g/mol. The average Bonchev–Trinajstić information content (AvgIpc) is 2.93. The molecule has 0 radical (unpaired) electrons. The number of benzene rings is 2. The molecule has 2 aromatic carbocycles. The maximum atomic E-state index is 5.70. The van der Waals surface area contributed by atoms with E-state index in [4.69, 9.17) is 14.5 Å². The highest BCUT2D eigenvalue weighted by atomic mass is 16.5. The molecule has 0 bridgehead atoms. The van der Waals surface area contributed by atoms with Crippen LogP contribution in [0.25, 0.3) is 22.4 Å². The van der Waals surface area contributed by atoms with Crippen LogP contribution in [0.3, 0.4) is 0 Å². The van der Waals surface area contributed by atoms with Gasteiger partial charge < -0.3 is 14.5 Å². The predicted molar refractivity (Wildman–Crippen MR) is 93.3 cm³/mol. The first-order chi connectivity index (χ1) is 11.1. The number of nitrogens with one attached hydrogen (secondary N) is 1. The molecule has 23 heavy (non-hydrogen) atoms. The van der Waals surface area contributed by atoms with E-state index in [1.807, 2.05) is 32.0 Å². The topological polar surface area (TPSA) is 47.1 Å². The van der Waals surface area contributed by atoms with Crippen LogP contribution in [0.2, 0.25) is 0 Å². The molecule has 0 aliphatic carbocycles. The van der Waals surface area contributed by atoms with Crippen molar-refractivity contribution in [3.05, 3.63) is 41.5 Å². The van der Waals surface area contributed by atoms with E-state index in [0.29, 0.717) is 13.2 Å². The van der Waals surface area contributed by atoms with Crippen molar-refractivity contribution in [3.63, 3.8) is 0 Å². The van der Waals surface area contributed by atoms with Crippen molar-refractivity contribution in [3.8, 4) is 22.9 Å². The van der Waals surface area contributed by atoms with Gasteiger partial charge in [-0.15, -0.1) is 0 Å². The molecule has 3 rings (SSSR count). The van der Waals surface area contributed by atoms with Crippen molar-refractivity contribution in [2.45, 2.75) is 27.7 Å². The first kappa shape index (κ1) is 15.4. The largest absolute Gasteiger partial charge is 0.490 e. The van der Waals surface area contributed by atoms with E-state index in [1.54, 1.807) is 0 Å². The molecule has 0 aliphatic heterocycles. The number of hydrogen-bond donors (Lipinski definition) is 1. The lowest BCUT2D eigenvalue weighted by Gasteiger charge is -2.11. The van der Waals surface area contributed by atoms with Crippen LogP contribution in [0.5, 0.6) is 11.5 Å². The zero-order valence-electron chi connectivity index (χ0n) is 14.1. The van der Waals surface area contributed by atoms with Crippen molar-refractivity contribution in [2.24, 2.45) is 0 Å². The summed E-state index contributed by atoms with van der Waals surface area (Å²) in [5.74, 6) is 2.36. The van der Waals surface area contributed by atoms with Gasteiger partial charge in [-0.3, -0.25) is 0 Å². The van der Waals surface area contributed by atoms with E-state index in [-0.39, 0.29) is 0 Å². The van der Waals surface area contributed by atoms with E-state index in [9.17, 15) is 0 Å². The zero-order chi connectivity index (χ0) is 16.4. The van der Waals surface area contributed by atoms with Gasteiger partial charge in [-0.25, -0.2) is 4.98 Å². The molecule has 0 atom stereocenters. The second-order valence-corrected chi connectivity index (χ2v) is 5.57. The Labute approximate surface area is 136 Å². The molecule has 0 aliphatic rings. The second kappa shape index (κ2) is 6.32. The molecule has 1 heterocycles. The molecule has 0 amide bonds. The third-order valence-corrected chi connectivity index (χ3v) is 3.91. The number of rotatable bonds is 5. The fraction of sp³-hybridized carbons (Fsp3) is 0.316. The fourth-order valence-electron chi connectivity index (χ4n) is 2.60. The summed E-state index contributed by atoms with van der Waals surface area (Å²) in [4.78, 5) is 8.10. The Balaban J connectivity index is 2.05. The summed E-state index contributed by atoms with van der Waals surface area (Å²) in [5.41, 5.74) is 5.53. The predicted octanol–water partition coefficient (Wildman–Crippen LogP) is 4.64. The standard InChI is InChI=1S/C19H22N2O2/c1-5-22-17-8-7-14(11-18(17)23-6-2)19-20-15-9-12(3)13(4)10-16(15)21-19/h7-11H,5-6H2,1-4H3,(H,20,21). The van der Waals surface area contributed by atoms with Crippen LogP contribution in [0.1, 0.15) is 25.0 Å². The lowest BCUT2D eigenvalue weighted by Crippen LogP contribution is -1.98. The minimum Gasteiger partial charge on any atom is -0.490 e. The maximum absolute atomic E-state index is 5.70. The summed E-state index contributed by atoms with van der Waals surface area (Å²) in [6.07, 6.45) is 0. The quantitative estimate of drug-likeness (QED) is 0.746. The number of H-pyrrole nitrogens is 1. The van der Waals surface area contributed by atoms with E-state index < -0.39 is 0 Å². The summed E-state index contributed by atoms with van der Waals surface area (Å²) in [5, 5.41) is 0. The minimum absolute atomic E-state index is 0.599. The van der Waals surface area contributed by atoms with Gasteiger partial charge in [0.05, 0.1) is 24.2 Å². The summed E-state index contributed by atoms with van der Waals surface area (Å²) < 4.78 is 11.3. The van der Waals surface area contributed by atoms with Gasteiger partial charge in [-0.1, -0.05) is 0 Å². The summed E-state index contributed by atoms with van der Waals surface area (Å²) in [6.45, 7) is 9.36. The van der Waals surface area contributed by atoms with Gasteiger partial charge in [-0.05, 0) is 69.2 Å². The molecule has 1 aromatic heterocycles. The minimum atomic E-state index is 0.599. The van der Waals surface area contributed by atoms with Gasteiger partial charge in [0.25, 0.3) is 0 Å². The molecule has 0 unspecified atom stereocenters. The van der Waals surface area contributed by atoms with E-state index in [0.717, 1.165) is 33.9 Å². The number of imidazole rings is 1. The lowest BCUT2D eigenvalue weighted by atomic mass is 10.1. The first-order valence-corrected chi connectivity index (χ1v) is 7.99. The Bertz CT molecular complexity index is 798. The van der Waals surface area contributed by atoms with Crippen LogP contribution in [-0.4, -0.2) is 23.2 Å². The zero-order valence-corrected chi connectivity index (χ0v) is 14.1. The van der Waals surface area contributed by atoms with Crippen LogP contribution in [0.4, 0.5) is 0 Å². The van der Waals surface area contributed by atoms with Crippen molar-refractivity contribution < 1.29 is 9.47 Å². The number of ether oxygens (including phenoxy) is 2. The average molecular weight is 310 g/mol. The van der Waals surface area contributed by atoms with Gasteiger partial charge >= 0.3 is 0 Å². The Kier molecular flexibility index (Phi) is 4.24. The summed E-state index contributed by atoms with van der Waals surface area (Å²) in [6, 6.07) is 10.2. The number of aromatic nitrogens is 2. The number of hydrogen-bond acceptors (Lipinski definition) is 3. The van der Waals surface area contributed by atoms with E-state index >= 15 is 0 Å². The molecule has 0 saturated carbocycles. The smallest absolute Gasteiger partial charge is 0.161 e.